The van der Waals surface area contributed by atoms with Crippen molar-refractivity contribution in [3.8, 4) is 0 Å². The maximum atomic E-state index is 13.3. The van der Waals surface area contributed by atoms with E-state index in [0.717, 1.165) is 50.0 Å². The summed E-state index contributed by atoms with van der Waals surface area (Å²) in [6, 6.07) is 0. The van der Waals surface area contributed by atoms with Crippen molar-refractivity contribution < 1.29 is 38.7 Å². The van der Waals surface area contributed by atoms with Crippen molar-refractivity contribution in [2.24, 2.45) is 34.5 Å². The minimum Gasteiger partial charge on any atom is -0.458 e. The Labute approximate surface area is 245 Å². The van der Waals surface area contributed by atoms with Crippen LogP contribution in [0.25, 0.3) is 0 Å². The number of ether oxygens (including phenoxy) is 4. The summed E-state index contributed by atoms with van der Waals surface area (Å²) >= 11 is 1.68. The molecule has 0 aromatic heterocycles. The van der Waals surface area contributed by atoms with E-state index in [9.17, 15) is 19.8 Å². The van der Waals surface area contributed by atoms with E-state index < -0.39 is 34.1 Å². The first-order valence-electron chi connectivity index (χ1n) is 15.7. The van der Waals surface area contributed by atoms with Gasteiger partial charge in [-0.25, -0.2) is 4.79 Å². The average molecular weight is 590 g/mol. The third-order valence-electron chi connectivity index (χ3n) is 13.1. The number of aliphatic hydroxyl groups is 2. The minimum absolute atomic E-state index is 0.000442. The molecule has 3 N–H and O–H groups in total. The van der Waals surface area contributed by atoms with Crippen LogP contribution in [0.2, 0.25) is 0 Å². The summed E-state index contributed by atoms with van der Waals surface area (Å²) in [5.74, 6) is -0.765. The van der Waals surface area contributed by atoms with Crippen LogP contribution in [0.1, 0.15) is 71.6 Å². The zero-order valence-electron chi connectivity index (χ0n) is 24.0. The quantitative estimate of drug-likeness (QED) is 0.252. The molecule has 1 spiro atoms. The predicted octanol–water partition coefficient (Wildman–Crippen LogP) is 2.67. The number of aldehydes is 1. The van der Waals surface area contributed by atoms with Gasteiger partial charge in [0.2, 0.25) is 12.1 Å². The third-order valence-corrected chi connectivity index (χ3v) is 14.6. The van der Waals surface area contributed by atoms with Crippen LogP contribution in [0.15, 0.2) is 11.6 Å². The van der Waals surface area contributed by atoms with Crippen LogP contribution in [0.5, 0.6) is 0 Å². The van der Waals surface area contributed by atoms with E-state index in [1.54, 1.807) is 17.8 Å². The highest BCUT2D eigenvalue weighted by molar-refractivity contribution is 8.01. The number of nitrogens with one attached hydrogen (secondary N) is 1. The maximum absolute atomic E-state index is 13.3. The maximum Gasteiger partial charge on any atom is 0.331 e. The number of cyclic esters (lactones) is 1. The second-order valence-electron chi connectivity index (χ2n) is 14.6. The molecule has 0 unspecified atom stereocenters. The number of fused-ring (bicyclic) bond motifs is 8. The summed E-state index contributed by atoms with van der Waals surface area (Å²) in [5.41, 5.74) is -0.884. The molecule has 0 aromatic rings. The van der Waals surface area contributed by atoms with Gasteiger partial charge in [0.1, 0.15) is 17.8 Å². The number of esters is 1. The molecular formula is C31H43NO8S. The van der Waals surface area contributed by atoms with Crippen molar-refractivity contribution in [1.82, 2.24) is 5.32 Å². The van der Waals surface area contributed by atoms with Crippen LogP contribution in [-0.2, 0) is 28.5 Å². The first-order chi connectivity index (χ1) is 19.6. The van der Waals surface area contributed by atoms with Gasteiger partial charge in [-0.05, 0) is 87.5 Å². The van der Waals surface area contributed by atoms with E-state index in [0.29, 0.717) is 32.3 Å². The van der Waals surface area contributed by atoms with Crippen LogP contribution in [0, 0.1) is 34.5 Å². The van der Waals surface area contributed by atoms with E-state index in [-0.39, 0.29) is 47.3 Å². The van der Waals surface area contributed by atoms with Crippen LogP contribution >= 0.6 is 11.8 Å². The van der Waals surface area contributed by atoms with Crippen molar-refractivity contribution >= 4 is 24.0 Å². The third kappa shape index (κ3) is 3.47. The Morgan fingerprint density at radius 1 is 1.07 bits per heavy atom. The first-order valence-corrected chi connectivity index (χ1v) is 16.7. The van der Waals surface area contributed by atoms with Gasteiger partial charge in [0.15, 0.2) is 0 Å². The molecule has 41 heavy (non-hydrogen) atoms. The molecule has 4 heterocycles. The molecule has 3 saturated heterocycles. The van der Waals surface area contributed by atoms with Crippen molar-refractivity contribution in [3.63, 3.8) is 0 Å². The van der Waals surface area contributed by atoms with E-state index >= 15 is 0 Å². The average Bonchev–Trinajstić information content (AvgIpc) is 3.65. The molecule has 8 aliphatic rings. The molecule has 0 bridgehead atoms. The van der Waals surface area contributed by atoms with Gasteiger partial charge in [-0.3, -0.25) is 5.32 Å². The predicted molar refractivity (Wildman–Crippen MR) is 148 cm³/mol. The van der Waals surface area contributed by atoms with Gasteiger partial charge in [0, 0.05) is 35.6 Å². The molecule has 0 aromatic carbocycles. The number of hydrogen-bond acceptors (Lipinski definition) is 10. The Kier molecular flexibility index (Phi) is 6.06. The van der Waals surface area contributed by atoms with E-state index in [2.05, 4.69) is 12.2 Å². The first kappa shape index (κ1) is 27.5. The van der Waals surface area contributed by atoms with Crippen LogP contribution < -0.4 is 5.32 Å². The molecule has 10 heteroatoms. The molecule has 4 aliphatic carbocycles. The zero-order valence-corrected chi connectivity index (χ0v) is 24.8. The van der Waals surface area contributed by atoms with Crippen LogP contribution in [-0.4, -0.2) is 82.2 Å². The molecule has 7 fully saturated rings. The fourth-order valence-electron chi connectivity index (χ4n) is 11.2. The normalized spacial score (nSPS) is 57.6. The minimum atomic E-state index is -1.65. The van der Waals surface area contributed by atoms with Gasteiger partial charge < -0.3 is 34.0 Å². The number of hydrogen-bond donors (Lipinski definition) is 3. The fraction of sp³-hybridized carbons (Fsp3) is 0.871. The molecule has 4 aliphatic heterocycles. The lowest BCUT2D eigenvalue weighted by atomic mass is 9.42. The van der Waals surface area contributed by atoms with E-state index in [1.807, 2.05) is 6.92 Å². The number of carbonyl (C=O) groups excluding carboxylic acids is 2. The largest absolute Gasteiger partial charge is 0.458 e. The highest BCUT2D eigenvalue weighted by Gasteiger charge is 2.72. The number of thioether (sulfide) groups is 1. The van der Waals surface area contributed by atoms with Crippen molar-refractivity contribution in [2.45, 2.75) is 112 Å². The Balaban J connectivity index is 1.10. The van der Waals surface area contributed by atoms with Gasteiger partial charge in [-0.1, -0.05) is 6.92 Å². The van der Waals surface area contributed by atoms with Gasteiger partial charge in [0.25, 0.3) is 0 Å². The summed E-state index contributed by atoms with van der Waals surface area (Å²) in [4.78, 5) is 24.5. The highest BCUT2D eigenvalue weighted by atomic mass is 32.2. The van der Waals surface area contributed by atoms with Crippen molar-refractivity contribution in [2.75, 3.05) is 18.9 Å². The lowest BCUT2D eigenvalue weighted by Gasteiger charge is -2.65. The molecular weight excluding hydrogens is 546 g/mol. The van der Waals surface area contributed by atoms with E-state index in [4.69, 9.17) is 18.9 Å². The van der Waals surface area contributed by atoms with Crippen LogP contribution in [0.3, 0.4) is 0 Å². The van der Waals surface area contributed by atoms with Gasteiger partial charge in [-0.2, -0.15) is 0 Å². The highest BCUT2D eigenvalue weighted by Crippen LogP contribution is 2.70. The SMILES string of the molecule is C[C@@H]1C[C@@]2(NCCS2)[C@]2(O)O[C@@H]3C[C@@]4(C=O)[C@@H](CC[C@@H]5[C@@H]4CC[C@]4(C)[C@@H](C6=CC(=O)OC6)CC[C@]54O)C[C@H]3O[C@@H]2O1. The molecule has 9 nitrogen and oxygen atoms in total. The van der Waals surface area contributed by atoms with Crippen LogP contribution in [0.4, 0.5) is 0 Å². The second-order valence-corrected chi connectivity index (χ2v) is 16.0. The van der Waals surface area contributed by atoms with E-state index in [1.165, 1.54) is 6.29 Å². The Morgan fingerprint density at radius 3 is 2.66 bits per heavy atom. The van der Waals surface area contributed by atoms with Gasteiger partial charge >= 0.3 is 5.97 Å². The molecule has 0 amide bonds. The summed E-state index contributed by atoms with van der Waals surface area (Å²) < 4.78 is 24.7. The lowest BCUT2D eigenvalue weighted by molar-refractivity contribution is -0.448. The fourth-order valence-corrected chi connectivity index (χ4v) is 12.6. The molecule has 226 valence electrons. The molecule has 13 atom stereocenters. The van der Waals surface area contributed by atoms with Gasteiger partial charge in [-0.15, -0.1) is 11.8 Å². The van der Waals surface area contributed by atoms with Crippen molar-refractivity contribution in [1.29, 1.82) is 0 Å². The zero-order chi connectivity index (χ0) is 28.4. The van der Waals surface area contributed by atoms with Gasteiger partial charge in [0.05, 0.1) is 23.9 Å². The summed E-state index contributed by atoms with van der Waals surface area (Å²) in [6.07, 6.45) is 7.86. The van der Waals surface area contributed by atoms with Crippen molar-refractivity contribution in [3.05, 3.63) is 11.6 Å². The standard InChI is InChI=1S/C31H43NO8S/c1-17-13-30(32-9-10-41-30)31(36)26(38-17)39-23-12-19-3-4-22-21(28(19,16-33)14-24(23)40-31)5-7-27(2)20(6-8-29(22,27)35)18-11-25(34)37-15-18/h11,16-17,19-24,26,32,35-36H,3-10,12-15H2,1-2H3/t17-,19+,20-,21+,22-,23-,24-,26+,27-,28-,29+,30+,31-/m1/s1. The number of rotatable bonds is 2. The number of carbonyl (C=O) groups is 2. The smallest absolute Gasteiger partial charge is 0.331 e. The summed E-state index contributed by atoms with van der Waals surface area (Å²) in [7, 11) is 0. The molecule has 8 rings (SSSR count). The topological polar surface area (TPSA) is 124 Å². The second kappa shape index (κ2) is 9.02. The molecule has 4 saturated carbocycles. The Bertz CT molecular complexity index is 1170. The summed E-state index contributed by atoms with van der Waals surface area (Å²) in [6.45, 7) is 5.32. The molecule has 0 radical (unpaired) electrons. The Morgan fingerprint density at radius 2 is 1.93 bits per heavy atom. The lowest BCUT2D eigenvalue weighted by Crippen LogP contribution is -2.76. The summed E-state index contributed by atoms with van der Waals surface area (Å²) in [5, 5.41) is 28.2. The monoisotopic (exact) mass is 589 g/mol. The Hall–Kier alpha value is -1.01.